The Kier molecular flexibility index (Phi) is 6.40. The van der Waals surface area contributed by atoms with E-state index >= 15 is 0 Å². The Morgan fingerprint density at radius 2 is 1.94 bits per heavy atom. The molecule has 2 aromatic carbocycles. The topological polar surface area (TPSA) is 76.5 Å². The lowest BCUT2D eigenvalue weighted by Crippen LogP contribution is -2.05. The Balaban J connectivity index is 1.56. The van der Waals surface area contributed by atoms with Crippen LogP contribution in [0.3, 0.4) is 0 Å². The standard InChI is InChI=1S/C23H20ClN5OS/c1-2-29-22(16-8-10-17(24)11-9-16)26-27-23(29)31-15-21(30)19-14-28(13-5-12-25)20-7-4-3-6-18(19)20/h3-4,6-11,14H,2,5,13,15H2,1H3. The van der Waals surface area contributed by atoms with E-state index < -0.39 is 0 Å². The summed E-state index contributed by atoms with van der Waals surface area (Å²) in [5.41, 5.74) is 2.56. The summed E-state index contributed by atoms with van der Waals surface area (Å²) in [6, 6.07) is 17.4. The molecule has 31 heavy (non-hydrogen) atoms. The van der Waals surface area contributed by atoms with Gasteiger partial charge >= 0.3 is 0 Å². The number of hydrogen-bond acceptors (Lipinski definition) is 5. The molecule has 0 saturated heterocycles. The van der Waals surface area contributed by atoms with E-state index in [9.17, 15) is 4.79 Å². The molecule has 0 spiro atoms. The van der Waals surface area contributed by atoms with Gasteiger partial charge in [0.15, 0.2) is 16.8 Å². The van der Waals surface area contributed by atoms with Crippen LogP contribution in [0, 0.1) is 11.3 Å². The van der Waals surface area contributed by atoms with Gasteiger partial charge in [-0.2, -0.15) is 5.26 Å². The van der Waals surface area contributed by atoms with Crippen LogP contribution in [0.1, 0.15) is 23.7 Å². The average molecular weight is 450 g/mol. The normalized spacial score (nSPS) is 11.0. The van der Waals surface area contributed by atoms with Crippen LogP contribution in [0.4, 0.5) is 0 Å². The lowest BCUT2D eigenvalue weighted by molar-refractivity contribution is 0.102. The zero-order chi connectivity index (χ0) is 21.8. The van der Waals surface area contributed by atoms with Gasteiger partial charge < -0.3 is 9.13 Å². The predicted octanol–water partition coefficient (Wildman–Crippen LogP) is 5.46. The summed E-state index contributed by atoms with van der Waals surface area (Å²) in [6.45, 7) is 3.28. The van der Waals surface area contributed by atoms with Gasteiger partial charge in [0.05, 0.1) is 18.2 Å². The largest absolute Gasteiger partial charge is 0.346 e. The van der Waals surface area contributed by atoms with Gasteiger partial charge in [0.1, 0.15) is 0 Å². The Morgan fingerprint density at radius 3 is 2.68 bits per heavy atom. The van der Waals surface area contributed by atoms with Crippen LogP contribution >= 0.6 is 23.4 Å². The first-order chi connectivity index (χ1) is 15.1. The number of thioether (sulfide) groups is 1. The highest BCUT2D eigenvalue weighted by Gasteiger charge is 2.18. The first kappa shape index (κ1) is 21.2. The van der Waals surface area contributed by atoms with Gasteiger partial charge in [-0.05, 0) is 37.3 Å². The Morgan fingerprint density at radius 1 is 1.16 bits per heavy atom. The number of fused-ring (bicyclic) bond motifs is 1. The van der Waals surface area contributed by atoms with Crippen molar-refractivity contribution in [3.8, 4) is 17.5 Å². The predicted molar refractivity (Wildman–Crippen MR) is 123 cm³/mol. The molecule has 156 valence electrons. The molecule has 8 heteroatoms. The van der Waals surface area contributed by atoms with E-state index in [2.05, 4.69) is 16.3 Å². The number of ketones is 1. The summed E-state index contributed by atoms with van der Waals surface area (Å²) in [5, 5.41) is 19.8. The number of nitrogens with zero attached hydrogens (tertiary/aromatic N) is 5. The van der Waals surface area contributed by atoms with Crippen molar-refractivity contribution in [1.82, 2.24) is 19.3 Å². The fourth-order valence-electron chi connectivity index (χ4n) is 3.53. The first-order valence-electron chi connectivity index (χ1n) is 9.92. The molecule has 0 bridgehead atoms. The lowest BCUT2D eigenvalue weighted by atomic mass is 10.1. The summed E-state index contributed by atoms with van der Waals surface area (Å²) in [6.07, 6.45) is 2.25. The number of hydrogen-bond donors (Lipinski definition) is 0. The number of Topliss-reactive ketones (excluding diaryl/α,β-unsaturated/α-hetero) is 1. The SMILES string of the molecule is CCn1c(SCC(=O)c2cn(CCC#N)c3ccccc23)nnc1-c1ccc(Cl)cc1. The maximum Gasteiger partial charge on any atom is 0.191 e. The van der Waals surface area contributed by atoms with Crippen LogP contribution in [0.2, 0.25) is 5.02 Å². The molecule has 4 rings (SSSR count). The first-order valence-corrected chi connectivity index (χ1v) is 11.3. The van der Waals surface area contributed by atoms with Crippen LogP contribution < -0.4 is 0 Å². The molecular formula is C23H20ClN5OS. The minimum Gasteiger partial charge on any atom is -0.346 e. The van der Waals surface area contributed by atoms with Crippen molar-refractivity contribution in [1.29, 1.82) is 5.26 Å². The van der Waals surface area contributed by atoms with Crippen molar-refractivity contribution in [3.05, 3.63) is 65.3 Å². The van der Waals surface area contributed by atoms with Gasteiger partial charge in [-0.25, -0.2) is 0 Å². The van der Waals surface area contributed by atoms with Crippen molar-refractivity contribution >= 4 is 40.0 Å². The second-order valence-corrected chi connectivity index (χ2v) is 8.31. The molecule has 0 fully saturated rings. The van der Waals surface area contributed by atoms with Gasteiger partial charge in [-0.1, -0.05) is 41.6 Å². The smallest absolute Gasteiger partial charge is 0.191 e. The number of halogens is 1. The molecule has 0 amide bonds. The molecule has 0 aliphatic carbocycles. The van der Waals surface area contributed by atoms with Crippen molar-refractivity contribution in [3.63, 3.8) is 0 Å². The average Bonchev–Trinajstić information content (AvgIpc) is 3.38. The number of nitriles is 1. The Labute approximate surface area is 189 Å². The molecule has 0 atom stereocenters. The number of aromatic nitrogens is 4. The molecule has 0 aliphatic heterocycles. The Hall–Kier alpha value is -3.08. The zero-order valence-corrected chi connectivity index (χ0v) is 18.5. The summed E-state index contributed by atoms with van der Waals surface area (Å²) in [4.78, 5) is 13.1. The van der Waals surface area contributed by atoms with Crippen LogP contribution in [-0.2, 0) is 13.1 Å². The van der Waals surface area contributed by atoms with E-state index in [0.29, 0.717) is 35.3 Å². The quantitative estimate of drug-likeness (QED) is 0.263. The van der Waals surface area contributed by atoms with Crippen LogP contribution in [0.5, 0.6) is 0 Å². The van der Waals surface area contributed by atoms with E-state index in [1.807, 2.05) is 70.8 Å². The van der Waals surface area contributed by atoms with Crippen LogP contribution in [-0.4, -0.2) is 30.9 Å². The monoisotopic (exact) mass is 449 g/mol. The fourth-order valence-corrected chi connectivity index (χ4v) is 4.54. The Bertz CT molecular complexity index is 1270. The second kappa shape index (κ2) is 9.38. The molecule has 4 aromatic rings. The summed E-state index contributed by atoms with van der Waals surface area (Å²) in [5.74, 6) is 1.03. The van der Waals surface area contributed by atoms with E-state index in [0.717, 1.165) is 22.3 Å². The maximum atomic E-state index is 13.1. The van der Waals surface area contributed by atoms with Crippen molar-refractivity contribution in [2.45, 2.75) is 31.6 Å². The summed E-state index contributed by atoms with van der Waals surface area (Å²) < 4.78 is 3.97. The maximum absolute atomic E-state index is 13.1. The van der Waals surface area contributed by atoms with Crippen LogP contribution in [0.25, 0.3) is 22.3 Å². The van der Waals surface area contributed by atoms with Crippen molar-refractivity contribution in [2.75, 3.05) is 5.75 Å². The van der Waals surface area contributed by atoms with E-state index in [1.54, 1.807) is 0 Å². The third-order valence-corrected chi connectivity index (χ3v) is 6.24. The van der Waals surface area contributed by atoms with E-state index in [4.69, 9.17) is 16.9 Å². The third kappa shape index (κ3) is 4.36. The van der Waals surface area contributed by atoms with Gasteiger partial charge in [0.25, 0.3) is 0 Å². The minimum atomic E-state index is 0.0237. The molecule has 0 aliphatic rings. The molecule has 0 radical (unpaired) electrons. The van der Waals surface area contributed by atoms with Gasteiger partial charge in [0, 0.05) is 46.3 Å². The number of carbonyl (C=O) groups is 1. The number of aryl methyl sites for hydroxylation is 1. The van der Waals surface area contributed by atoms with Gasteiger partial charge in [0.2, 0.25) is 0 Å². The molecular weight excluding hydrogens is 430 g/mol. The molecule has 0 N–H and O–H groups in total. The summed E-state index contributed by atoms with van der Waals surface area (Å²) in [7, 11) is 0. The van der Waals surface area contributed by atoms with E-state index in [1.165, 1.54) is 11.8 Å². The number of para-hydroxylation sites is 1. The van der Waals surface area contributed by atoms with Gasteiger partial charge in [-0.3, -0.25) is 4.79 Å². The molecule has 0 saturated carbocycles. The third-order valence-electron chi connectivity index (χ3n) is 5.02. The number of rotatable bonds is 8. The molecule has 0 unspecified atom stereocenters. The highest BCUT2D eigenvalue weighted by molar-refractivity contribution is 7.99. The van der Waals surface area contributed by atoms with Gasteiger partial charge in [-0.15, -0.1) is 10.2 Å². The zero-order valence-electron chi connectivity index (χ0n) is 17.0. The van der Waals surface area contributed by atoms with E-state index in [-0.39, 0.29) is 11.5 Å². The van der Waals surface area contributed by atoms with Crippen molar-refractivity contribution < 1.29 is 4.79 Å². The number of benzene rings is 2. The molecule has 2 heterocycles. The minimum absolute atomic E-state index is 0.0237. The lowest BCUT2D eigenvalue weighted by Gasteiger charge is -2.07. The molecule has 2 aromatic heterocycles. The van der Waals surface area contributed by atoms with Crippen LogP contribution in [0.15, 0.2) is 59.9 Å². The number of carbonyl (C=O) groups excluding carboxylic acids is 1. The summed E-state index contributed by atoms with van der Waals surface area (Å²) >= 11 is 7.37. The fraction of sp³-hybridized carbons (Fsp3) is 0.217. The molecule has 6 nitrogen and oxygen atoms in total. The second-order valence-electron chi connectivity index (χ2n) is 6.93. The van der Waals surface area contributed by atoms with Crippen molar-refractivity contribution in [2.24, 2.45) is 0 Å². The highest BCUT2D eigenvalue weighted by atomic mass is 35.5. The highest BCUT2D eigenvalue weighted by Crippen LogP contribution is 2.27.